The van der Waals surface area contributed by atoms with E-state index in [4.69, 9.17) is 4.74 Å². The summed E-state index contributed by atoms with van der Waals surface area (Å²) in [6, 6.07) is 7.66. The molecule has 0 saturated heterocycles. The number of hydrogen-bond acceptors (Lipinski definition) is 3. The molecule has 1 rings (SSSR count). The van der Waals surface area contributed by atoms with Gasteiger partial charge in [-0.15, -0.1) is 0 Å². The molecule has 0 saturated carbocycles. The van der Waals surface area contributed by atoms with Gasteiger partial charge in [-0.05, 0) is 37.1 Å². The number of benzene rings is 1. The van der Waals surface area contributed by atoms with Crippen molar-refractivity contribution in [1.29, 1.82) is 0 Å². The summed E-state index contributed by atoms with van der Waals surface area (Å²) in [4.78, 5) is 11.4. The largest absolute Gasteiger partial charge is 0.385 e. The van der Waals surface area contributed by atoms with Crippen molar-refractivity contribution in [3.8, 4) is 0 Å². The fourth-order valence-corrected chi connectivity index (χ4v) is 1.63. The summed E-state index contributed by atoms with van der Waals surface area (Å²) < 4.78 is 5.40. The number of nitrogens with one attached hydrogen (secondary N) is 1. The number of carbonyl (C=O) groups is 1. The van der Waals surface area contributed by atoms with Crippen molar-refractivity contribution < 1.29 is 9.53 Å². The number of ether oxygens (including phenoxy) is 1. The average molecular weight is 249 g/mol. The van der Waals surface area contributed by atoms with Gasteiger partial charge in [-0.3, -0.25) is 4.79 Å². The van der Waals surface area contributed by atoms with E-state index < -0.39 is 0 Å². The van der Waals surface area contributed by atoms with Crippen LogP contribution in [0, 0.1) is 0 Å². The Labute approximate surface area is 110 Å². The van der Waals surface area contributed by atoms with E-state index >= 15 is 0 Å². The van der Waals surface area contributed by atoms with Crippen LogP contribution in [0.2, 0.25) is 0 Å². The molecule has 1 aromatic rings. The maximum absolute atomic E-state index is 11.4. The maximum Gasteiger partial charge on any atom is 0.162 e. The van der Waals surface area contributed by atoms with Gasteiger partial charge in [0, 0.05) is 37.4 Å². The van der Waals surface area contributed by atoms with Crippen LogP contribution in [-0.2, 0) is 4.74 Å². The summed E-state index contributed by atoms with van der Waals surface area (Å²) >= 11 is 0. The second-order valence-corrected chi connectivity index (χ2v) is 4.25. The third kappa shape index (κ3) is 5.32. The molecule has 3 heteroatoms. The van der Waals surface area contributed by atoms with E-state index in [0.29, 0.717) is 6.42 Å². The van der Waals surface area contributed by atoms with Crippen molar-refractivity contribution in [1.82, 2.24) is 0 Å². The lowest BCUT2D eigenvalue weighted by molar-refractivity contribution is 0.0988. The zero-order valence-electron chi connectivity index (χ0n) is 11.4. The molecule has 0 atom stereocenters. The number of ketones is 1. The van der Waals surface area contributed by atoms with Crippen LogP contribution in [0.4, 0.5) is 5.69 Å². The highest BCUT2D eigenvalue weighted by atomic mass is 16.5. The second kappa shape index (κ2) is 8.70. The van der Waals surface area contributed by atoms with Gasteiger partial charge in [0.15, 0.2) is 5.78 Å². The van der Waals surface area contributed by atoms with Crippen LogP contribution in [0.25, 0.3) is 0 Å². The van der Waals surface area contributed by atoms with Crippen molar-refractivity contribution in [3.63, 3.8) is 0 Å². The quantitative estimate of drug-likeness (QED) is 0.537. The standard InChI is InChI=1S/C15H23NO2/c1-3-11-18-12-5-10-16-14-8-6-13(7-9-14)15(17)4-2/h6-9,16H,3-5,10-12H2,1-2H3. The lowest BCUT2D eigenvalue weighted by atomic mass is 10.1. The normalized spacial score (nSPS) is 10.3. The molecule has 0 aliphatic heterocycles. The van der Waals surface area contributed by atoms with Gasteiger partial charge in [-0.2, -0.15) is 0 Å². The Morgan fingerprint density at radius 3 is 2.50 bits per heavy atom. The number of hydrogen-bond donors (Lipinski definition) is 1. The Morgan fingerprint density at radius 1 is 1.17 bits per heavy atom. The van der Waals surface area contributed by atoms with Crippen LogP contribution in [0.1, 0.15) is 43.5 Å². The minimum Gasteiger partial charge on any atom is -0.385 e. The molecule has 1 aromatic carbocycles. The fourth-order valence-electron chi connectivity index (χ4n) is 1.63. The molecule has 1 N–H and O–H groups in total. The zero-order valence-corrected chi connectivity index (χ0v) is 11.4. The molecule has 0 aliphatic carbocycles. The lowest BCUT2D eigenvalue weighted by Crippen LogP contribution is -2.06. The van der Waals surface area contributed by atoms with Crippen LogP contribution in [0.3, 0.4) is 0 Å². The van der Waals surface area contributed by atoms with Gasteiger partial charge in [0.1, 0.15) is 0 Å². The van der Waals surface area contributed by atoms with Gasteiger partial charge >= 0.3 is 0 Å². The van der Waals surface area contributed by atoms with E-state index in [-0.39, 0.29) is 5.78 Å². The van der Waals surface area contributed by atoms with E-state index in [1.54, 1.807) is 0 Å². The molecule has 0 radical (unpaired) electrons. The number of rotatable bonds is 9. The van der Waals surface area contributed by atoms with Gasteiger partial charge in [-0.1, -0.05) is 13.8 Å². The molecular formula is C15H23NO2. The first-order valence-electron chi connectivity index (χ1n) is 6.72. The highest BCUT2D eigenvalue weighted by Crippen LogP contribution is 2.11. The lowest BCUT2D eigenvalue weighted by Gasteiger charge is -2.07. The average Bonchev–Trinajstić information content (AvgIpc) is 2.42. The first-order chi connectivity index (χ1) is 8.77. The summed E-state index contributed by atoms with van der Waals surface area (Å²) in [6.45, 7) is 6.52. The van der Waals surface area contributed by atoms with E-state index in [1.807, 2.05) is 31.2 Å². The van der Waals surface area contributed by atoms with Gasteiger partial charge in [-0.25, -0.2) is 0 Å². The minimum atomic E-state index is 0.189. The molecule has 0 amide bonds. The molecule has 0 aromatic heterocycles. The van der Waals surface area contributed by atoms with E-state index in [9.17, 15) is 4.79 Å². The van der Waals surface area contributed by atoms with Crippen molar-refractivity contribution in [2.24, 2.45) is 0 Å². The minimum absolute atomic E-state index is 0.189. The SMILES string of the molecule is CCCOCCCNc1ccc(C(=O)CC)cc1. The molecule has 0 spiro atoms. The molecule has 0 fully saturated rings. The smallest absolute Gasteiger partial charge is 0.162 e. The van der Waals surface area contributed by atoms with Gasteiger partial charge in [0.25, 0.3) is 0 Å². The molecular weight excluding hydrogens is 226 g/mol. The molecule has 0 bridgehead atoms. The van der Waals surface area contributed by atoms with Crippen LogP contribution in [-0.4, -0.2) is 25.5 Å². The summed E-state index contributed by atoms with van der Waals surface area (Å²) in [5.41, 5.74) is 1.84. The molecule has 100 valence electrons. The third-order valence-corrected chi connectivity index (χ3v) is 2.67. The topological polar surface area (TPSA) is 38.3 Å². The molecule has 0 aliphatic rings. The summed E-state index contributed by atoms with van der Waals surface area (Å²) in [7, 11) is 0. The summed E-state index contributed by atoms with van der Waals surface area (Å²) in [5.74, 6) is 0.189. The highest BCUT2D eigenvalue weighted by Gasteiger charge is 2.01. The van der Waals surface area contributed by atoms with Crippen molar-refractivity contribution >= 4 is 11.5 Å². The van der Waals surface area contributed by atoms with Crippen LogP contribution in [0.15, 0.2) is 24.3 Å². The Morgan fingerprint density at radius 2 is 1.89 bits per heavy atom. The summed E-state index contributed by atoms with van der Waals surface area (Å²) in [5, 5.41) is 3.31. The predicted molar refractivity (Wildman–Crippen MR) is 75.3 cm³/mol. The van der Waals surface area contributed by atoms with Gasteiger partial charge in [0.2, 0.25) is 0 Å². The van der Waals surface area contributed by atoms with E-state index in [0.717, 1.165) is 43.9 Å². The monoisotopic (exact) mass is 249 g/mol. The Kier molecular flexibility index (Phi) is 7.11. The van der Waals surface area contributed by atoms with Gasteiger partial charge < -0.3 is 10.1 Å². The maximum atomic E-state index is 11.4. The van der Waals surface area contributed by atoms with E-state index in [1.165, 1.54) is 0 Å². The van der Waals surface area contributed by atoms with Crippen molar-refractivity contribution in [3.05, 3.63) is 29.8 Å². The molecule has 18 heavy (non-hydrogen) atoms. The number of Topliss-reactive ketones (excluding diaryl/α,β-unsaturated/α-hetero) is 1. The Hall–Kier alpha value is -1.35. The summed E-state index contributed by atoms with van der Waals surface area (Å²) in [6.07, 6.45) is 2.62. The fraction of sp³-hybridized carbons (Fsp3) is 0.533. The number of carbonyl (C=O) groups excluding carboxylic acids is 1. The third-order valence-electron chi connectivity index (χ3n) is 2.67. The molecule has 3 nitrogen and oxygen atoms in total. The Bertz CT molecular complexity index is 346. The first-order valence-corrected chi connectivity index (χ1v) is 6.72. The van der Waals surface area contributed by atoms with Crippen molar-refractivity contribution in [2.75, 3.05) is 25.1 Å². The predicted octanol–water partition coefficient (Wildman–Crippen LogP) is 3.51. The zero-order chi connectivity index (χ0) is 13.2. The van der Waals surface area contributed by atoms with Crippen LogP contribution >= 0.6 is 0 Å². The van der Waals surface area contributed by atoms with Crippen molar-refractivity contribution in [2.45, 2.75) is 33.1 Å². The van der Waals surface area contributed by atoms with Crippen LogP contribution in [0.5, 0.6) is 0 Å². The highest BCUT2D eigenvalue weighted by molar-refractivity contribution is 5.96. The molecule has 0 heterocycles. The number of anilines is 1. The first kappa shape index (κ1) is 14.7. The Balaban J connectivity index is 2.25. The van der Waals surface area contributed by atoms with Gasteiger partial charge in [0.05, 0.1) is 0 Å². The van der Waals surface area contributed by atoms with Crippen LogP contribution < -0.4 is 5.32 Å². The van der Waals surface area contributed by atoms with E-state index in [2.05, 4.69) is 12.2 Å². The second-order valence-electron chi connectivity index (χ2n) is 4.25. The molecule has 0 unspecified atom stereocenters.